The highest BCUT2D eigenvalue weighted by atomic mass is 16.5. The van der Waals surface area contributed by atoms with E-state index in [9.17, 15) is 4.79 Å². The van der Waals surface area contributed by atoms with Crippen molar-refractivity contribution in [3.63, 3.8) is 0 Å². The van der Waals surface area contributed by atoms with Gasteiger partial charge >= 0.3 is 0 Å². The zero-order chi connectivity index (χ0) is 22.9. The number of benzene rings is 2. The highest BCUT2D eigenvalue weighted by molar-refractivity contribution is 6.07. The normalized spacial score (nSPS) is 15.2. The van der Waals surface area contributed by atoms with Gasteiger partial charge in [-0.3, -0.25) is 9.69 Å². The van der Waals surface area contributed by atoms with Crippen molar-refractivity contribution in [1.29, 1.82) is 0 Å². The Kier molecular flexibility index (Phi) is 8.56. The summed E-state index contributed by atoms with van der Waals surface area (Å²) in [5.74, 6) is 0.759. The molecule has 0 unspecified atom stereocenters. The number of nitrogens with one attached hydrogen (secondary N) is 1. The standard InChI is InChI=1S/C28H36N2O3/c1-2-3-13-26-27(24-12-7-8-14-25(24)33-26)28(31)29-17-9-20-32-23-15-18-30(19-16-23)21-22-10-5-4-6-11-22/h4-8,10-12,14,23H,2-3,9,13,15-21H2,1H3,(H,29,31). The number of ether oxygens (including phenoxy) is 1. The number of furan rings is 1. The molecular weight excluding hydrogens is 412 g/mol. The van der Waals surface area contributed by atoms with Gasteiger partial charge in [-0.25, -0.2) is 0 Å². The molecule has 0 radical (unpaired) electrons. The fourth-order valence-electron chi connectivity index (χ4n) is 4.55. The van der Waals surface area contributed by atoms with Crippen molar-refractivity contribution in [1.82, 2.24) is 10.2 Å². The van der Waals surface area contributed by atoms with Crippen molar-refractivity contribution >= 4 is 16.9 Å². The van der Waals surface area contributed by atoms with Gasteiger partial charge in [0.15, 0.2) is 0 Å². The van der Waals surface area contributed by atoms with Gasteiger partial charge in [-0.15, -0.1) is 0 Å². The Hall–Kier alpha value is -2.63. The zero-order valence-corrected chi connectivity index (χ0v) is 19.7. The SMILES string of the molecule is CCCCc1oc2ccccc2c1C(=O)NCCCOC1CCN(Cc2ccccc2)CC1. The summed E-state index contributed by atoms with van der Waals surface area (Å²) < 4.78 is 12.1. The lowest BCUT2D eigenvalue weighted by atomic mass is 10.1. The van der Waals surface area contributed by atoms with E-state index in [0.29, 0.717) is 24.8 Å². The van der Waals surface area contributed by atoms with Gasteiger partial charge in [-0.05, 0) is 37.3 Å². The maximum atomic E-state index is 12.9. The minimum atomic E-state index is -0.0414. The summed E-state index contributed by atoms with van der Waals surface area (Å²) in [7, 11) is 0. The second kappa shape index (κ2) is 12.0. The van der Waals surface area contributed by atoms with Gasteiger partial charge in [0.05, 0.1) is 11.7 Å². The van der Waals surface area contributed by atoms with E-state index in [1.807, 2.05) is 24.3 Å². The number of para-hydroxylation sites is 1. The molecule has 1 aliphatic heterocycles. The van der Waals surface area contributed by atoms with E-state index >= 15 is 0 Å². The number of carbonyl (C=O) groups is 1. The minimum absolute atomic E-state index is 0.0414. The van der Waals surface area contributed by atoms with Crippen LogP contribution in [0.1, 0.15) is 60.7 Å². The largest absolute Gasteiger partial charge is 0.460 e. The summed E-state index contributed by atoms with van der Waals surface area (Å²) in [6, 6.07) is 18.5. The number of hydrogen-bond acceptors (Lipinski definition) is 4. The van der Waals surface area contributed by atoms with Gasteiger partial charge in [0.2, 0.25) is 0 Å². The number of likely N-dealkylation sites (tertiary alicyclic amines) is 1. The average molecular weight is 449 g/mol. The van der Waals surface area contributed by atoms with Crippen LogP contribution in [0.5, 0.6) is 0 Å². The maximum absolute atomic E-state index is 12.9. The van der Waals surface area contributed by atoms with Gasteiger partial charge in [0.25, 0.3) is 5.91 Å². The summed E-state index contributed by atoms with van der Waals surface area (Å²) in [5, 5.41) is 3.98. The molecular formula is C28H36N2O3. The summed E-state index contributed by atoms with van der Waals surface area (Å²) in [6.45, 7) is 6.60. The Morgan fingerprint density at radius 3 is 2.61 bits per heavy atom. The van der Waals surface area contributed by atoms with Crippen LogP contribution in [0.4, 0.5) is 0 Å². The van der Waals surface area contributed by atoms with E-state index in [4.69, 9.17) is 9.15 Å². The van der Waals surface area contributed by atoms with Crippen molar-refractivity contribution in [3.05, 3.63) is 71.5 Å². The molecule has 3 aromatic rings. The van der Waals surface area contributed by atoms with Gasteiger partial charge in [0, 0.05) is 44.6 Å². The number of unbranched alkanes of at least 4 members (excludes halogenated alkanes) is 1. The highest BCUT2D eigenvalue weighted by Crippen LogP contribution is 2.27. The highest BCUT2D eigenvalue weighted by Gasteiger charge is 2.21. The van der Waals surface area contributed by atoms with E-state index in [2.05, 4.69) is 47.5 Å². The third-order valence-corrected chi connectivity index (χ3v) is 6.40. The zero-order valence-electron chi connectivity index (χ0n) is 19.7. The molecule has 0 spiro atoms. The number of carbonyl (C=O) groups excluding carboxylic acids is 1. The first kappa shape index (κ1) is 23.5. The molecule has 5 heteroatoms. The Labute approximate surface area is 197 Å². The van der Waals surface area contributed by atoms with Crippen LogP contribution in [0.2, 0.25) is 0 Å². The molecule has 0 aliphatic carbocycles. The van der Waals surface area contributed by atoms with Crippen molar-refractivity contribution in [2.75, 3.05) is 26.2 Å². The predicted octanol–water partition coefficient (Wildman–Crippen LogP) is 5.58. The minimum Gasteiger partial charge on any atom is -0.460 e. The fraction of sp³-hybridized carbons (Fsp3) is 0.464. The molecule has 2 aromatic carbocycles. The van der Waals surface area contributed by atoms with Crippen LogP contribution in [0.15, 0.2) is 59.0 Å². The van der Waals surface area contributed by atoms with Crippen LogP contribution in [0, 0.1) is 0 Å². The van der Waals surface area contributed by atoms with E-state index < -0.39 is 0 Å². The molecule has 176 valence electrons. The lowest BCUT2D eigenvalue weighted by molar-refractivity contribution is 0.00515. The number of rotatable bonds is 11. The molecule has 1 aliphatic rings. The number of hydrogen-bond donors (Lipinski definition) is 1. The lowest BCUT2D eigenvalue weighted by Gasteiger charge is -2.32. The molecule has 0 saturated carbocycles. The molecule has 0 atom stereocenters. The number of aryl methyl sites for hydroxylation is 1. The molecule has 33 heavy (non-hydrogen) atoms. The van der Waals surface area contributed by atoms with Crippen molar-refractivity contribution in [2.24, 2.45) is 0 Å². The summed E-state index contributed by atoms with van der Waals surface area (Å²) in [4.78, 5) is 15.4. The van der Waals surface area contributed by atoms with Crippen LogP contribution >= 0.6 is 0 Å². The Morgan fingerprint density at radius 1 is 1.06 bits per heavy atom. The predicted molar refractivity (Wildman–Crippen MR) is 132 cm³/mol. The third-order valence-electron chi connectivity index (χ3n) is 6.40. The monoisotopic (exact) mass is 448 g/mol. The quantitative estimate of drug-likeness (QED) is 0.389. The van der Waals surface area contributed by atoms with Gasteiger partial charge in [0.1, 0.15) is 11.3 Å². The second-order valence-electron chi connectivity index (χ2n) is 8.94. The van der Waals surface area contributed by atoms with Gasteiger partial charge < -0.3 is 14.5 Å². The second-order valence-corrected chi connectivity index (χ2v) is 8.94. The fourth-order valence-corrected chi connectivity index (χ4v) is 4.55. The van der Waals surface area contributed by atoms with E-state index in [0.717, 1.165) is 74.9 Å². The molecule has 4 rings (SSSR count). The van der Waals surface area contributed by atoms with Crippen LogP contribution in [0.3, 0.4) is 0 Å². The molecule has 2 heterocycles. The van der Waals surface area contributed by atoms with Gasteiger partial charge in [-0.2, -0.15) is 0 Å². The number of amides is 1. The van der Waals surface area contributed by atoms with Crippen molar-refractivity contribution in [2.45, 2.75) is 58.1 Å². The van der Waals surface area contributed by atoms with E-state index in [1.165, 1.54) is 5.56 Å². The number of nitrogens with zero attached hydrogens (tertiary/aromatic N) is 1. The summed E-state index contributed by atoms with van der Waals surface area (Å²) in [5.41, 5.74) is 2.86. The molecule has 1 saturated heterocycles. The molecule has 1 N–H and O–H groups in total. The lowest BCUT2D eigenvalue weighted by Crippen LogP contribution is -2.37. The Balaban J connectivity index is 1.18. The number of piperidine rings is 1. The first-order valence-electron chi connectivity index (χ1n) is 12.4. The first-order chi connectivity index (χ1) is 16.2. The molecule has 1 amide bonds. The third kappa shape index (κ3) is 6.46. The maximum Gasteiger partial charge on any atom is 0.255 e. The van der Waals surface area contributed by atoms with Crippen LogP contribution in [0.25, 0.3) is 11.0 Å². The van der Waals surface area contributed by atoms with E-state index in [-0.39, 0.29) is 5.91 Å². The summed E-state index contributed by atoms with van der Waals surface area (Å²) in [6.07, 6.45) is 6.16. The number of fused-ring (bicyclic) bond motifs is 1. The van der Waals surface area contributed by atoms with E-state index in [1.54, 1.807) is 0 Å². The Morgan fingerprint density at radius 2 is 1.82 bits per heavy atom. The Bertz CT molecular complexity index is 1010. The summed E-state index contributed by atoms with van der Waals surface area (Å²) >= 11 is 0. The van der Waals surface area contributed by atoms with Crippen LogP contribution < -0.4 is 5.32 Å². The smallest absolute Gasteiger partial charge is 0.255 e. The molecule has 0 bridgehead atoms. The molecule has 5 nitrogen and oxygen atoms in total. The van der Waals surface area contributed by atoms with Crippen molar-refractivity contribution in [3.8, 4) is 0 Å². The van der Waals surface area contributed by atoms with Crippen LogP contribution in [-0.4, -0.2) is 43.2 Å². The van der Waals surface area contributed by atoms with Crippen LogP contribution in [-0.2, 0) is 17.7 Å². The molecule has 1 aromatic heterocycles. The van der Waals surface area contributed by atoms with Crippen molar-refractivity contribution < 1.29 is 13.9 Å². The molecule has 1 fully saturated rings. The topological polar surface area (TPSA) is 54.7 Å². The first-order valence-corrected chi connectivity index (χ1v) is 12.4. The van der Waals surface area contributed by atoms with Gasteiger partial charge in [-0.1, -0.05) is 61.9 Å². The average Bonchev–Trinajstić information content (AvgIpc) is 3.22.